The molecule has 0 spiro atoms. The van der Waals surface area contributed by atoms with Crippen LogP contribution in [0, 0.1) is 5.92 Å². The number of benzene rings is 2. The van der Waals surface area contributed by atoms with Crippen LogP contribution < -0.4 is 0 Å². The summed E-state index contributed by atoms with van der Waals surface area (Å²) in [4.78, 5) is 25.1. The molecule has 138 valence electrons. The molecule has 2 aliphatic rings. The van der Waals surface area contributed by atoms with Gasteiger partial charge in [0.05, 0.1) is 23.9 Å². The molecule has 4 rings (SSSR count). The van der Waals surface area contributed by atoms with Crippen molar-refractivity contribution in [3.05, 3.63) is 78.1 Å². The monoisotopic (exact) mass is 362 g/mol. The number of carbonyl (C=O) groups is 2. The first-order chi connectivity index (χ1) is 13.2. The van der Waals surface area contributed by atoms with Gasteiger partial charge in [0.25, 0.3) is 0 Å². The van der Waals surface area contributed by atoms with Gasteiger partial charge >= 0.3 is 0 Å². The third kappa shape index (κ3) is 3.86. The number of fused-ring (bicyclic) bond motifs is 1. The topological polar surface area (TPSA) is 52.6 Å². The molecule has 27 heavy (non-hydrogen) atoms. The minimum Gasteiger partial charge on any atom is -0.496 e. The maximum Gasteiger partial charge on any atom is 0.188 e. The van der Waals surface area contributed by atoms with E-state index in [0.717, 1.165) is 18.4 Å². The number of rotatable bonds is 5. The van der Waals surface area contributed by atoms with Crippen molar-refractivity contribution in [3.8, 4) is 0 Å². The molecule has 1 fully saturated rings. The summed E-state index contributed by atoms with van der Waals surface area (Å²) in [5.74, 6) is -0.00392. The van der Waals surface area contributed by atoms with E-state index in [9.17, 15) is 9.59 Å². The molecule has 1 aliphatic heterocycles. The molecule has 1 saturated carbocycles. The fraction of sp³-hybridized carbons (Fsp3) is 0.304. The summed E-state index contributed by atoms with van der Waals surface area (Å²) >= 11 is 0. The highest BCUT2D eigenvalue weighted by atomic mass is 16.5. The van der Waals surface area contributed by atoms with Crippen molar-refractivity contribution >= 4 is 17.1 Å². The molecule has 0 radical (unpaired) electrons. The van der Waals surface area contributed by atoms with Crippen LogP contribution in [0.5, 0.6) is 0 Å². The summed E-state index contributed by atoms with van der Waals surface area (Å²) in [6.07, 6.45) is 3.49. The molecule has 3 atom stereocenters. The van der Waals surface area contributed by atoms with Crippen molar-refractivity contribution in [1.29, 1.82) is 0 Å². The van der Waals surface area contributed by atoms with E-state index in [2.05, 4.69) is 0 Å². The molecule has 0 N–H and O–H groups in total. The SMILES string of the molecule is O=C(COC1CCC2C(=O)C(c3ccccc3)=COC2C1)c1ccccc1. The Kier molecular flexibility index (Phi) is 5.16. The summed E-state index contributed by atoms with van der Waals surface area (Å²) in [5.41, 5.74) is 2.20. The van der Waals surface area contributed by atoms with Crippen molar-refractivity contribution in [1.82, 2.24) is 0 Å². The van der Waals surface area contributed by atoms with Gasteiger partial charge in [0.2, 0.25) is 0 Å². The van der Waals surface area contributed by atoms with Gasteiger partial charge in [-0.2, -0.15) is 0 Å². The third-order valence-corrected chi connectivity index (χ3v) is 5.34. The van der Waals surface area contributed by atoms with E-state index < -0.39 is 0 Å². The zero-order valence-corrected chi connectivity index (χ0v) is 15.0. The summed E-state index contributed by atoms with van der Waals surface area (Å²) < 4.78 is 11.7. The van der Waals surface area contributed by atoms with Crippen LogP contribution in [0.25, 0.3) is 5.57 Å². The Labute approximate surface area is 158 Å². The third-order valence-electron chi connectivity index (χ3n) is 5.34. The Balaban J connectivity index is 1.36. The van der Waals surface area contributed by atoms with E-state index in [1.54, 1.807) is 18.4 Å². The van der Waals surface area contributed by atoms with Crippen LogP contribution in [0.15, 0.2) is 66.9 Å². The first-order valence-corrected chi connectivity index (χ1v) is 9.37. The van der Waals surface area contributed by atoms with E-state index in [0.29, 0.717) is 17.6 Å². The van der Waals surface area contributed by atoms with Crippen LogP contribution in [0.2, 0.25) is 0 Å². The van der Waals surface area contributed by atoms with Crippen LogP contribution >= 0.6 is 0 Å². The van der Waals surface area contributed by atoms with Gasteiger partial charge in [0.1, 0.15) is 12.7 Å². The lowest BCUT2D eigenvalue weighted by Crippen LogP contribution is -2.41. The van der Waals surface area contributed by atoms with Crippen LogP contribution in [0.4, 0.5) is 0 Å². The molecule has 4 heteroatoms. The Bertz CT molecular complexity index is 841. The number of Topliss-reactive ketones (excluding diaryl/α,β-unsaturated/α-hetero) is 2. The lowest BCUT2D eigenvalue weighted by Gasteiger charge is -2.37. The lowest BCUT2D eigenvalue weighted by molar-refractivity contribution is -0.127. The second kappa shape index (κ2) is 7.89. The second-order valence-corrected chi connectivity index (χ2v) is 7.08. The predicted octanol–water partition coefficient (Wildman–Crippen LogP) is 4.06. The van der Waals surface area contributed by atoms with Gasteiger partial charge in [-0.25, -0.2) is 0 Å². The highest BCUT2D eigenvalue weighted by molar-refractivity contribution is 6.22. The fourth-order valence-corrected chi connectivity index (χ4v) is 3.84. The van der Waals surface area contributed by atoms with Crippen molar-refractivity contribution < 1.29 is 19.1 Å². The van der Waals surface area contributed by atoms with Gasteiger partial charge in [-0.1, -0.05) is 60.7 Å². The highest BCUT2D eigenvalue weighted by Gasteiger charge is 2.40. The van der Waals surface area contributed by atoms with E-state index in [-0.39, 0.29) is 36.3 Å². The average Bonchev–Trinajstić information content (AvgIpc) is 2.73. The lowest BCUT2D eigenvalue weighted by atomic mass is 9.78. The fourth-order valence-electron chi connectivity index (χ4n) is 3.84. The highest BCUT2D eigenvalue weighted by Crippen LogP contribution is 2.37. The predicted molar refractivity (Wildman–Crippen MR) is 102 cm³/mol. The molecule has 1 heterocycles. The van der Waals surface area contributed by atoms with Crippen molar-refractivity contribution in [2.75, 3.05) is 6.61 Å². The molecule has 4 nitrogen and oxygen atoms in total. The number of ketones is 2. The van der Waals surface area contributed by atoms with Gasteiger partial charge in [-0.15, -0.1) is 0 Å². The van der Waals surface area contributed by atoms with Gasteiger partial charge in [-0.3, -0.25) is 9.59 Å². The summed E-state index contributed by atoms with van der Waals surface area (Å²) in [6.45, 7) is 0.0606. The van der Waals surface area contributed by atoms with Crippen LogP contribution in [0.1, 0.15) is 35.2 Å². The molecular formula is C23H22O4. The number of allylic oxidation sites excluding steroid dienone is 1. The summed E-state index contributed by atoms with van der Waals surface area (Å²) in [7, 11) is 0. The molecule has 2 aromatic rings. The summed E-state index contributed by atoms with van der Waals surface area (Å²) in [5, 5.41) is 0. The molecule has 0 saturated heterocycles. The van der Waals surface area contributed by atoms with Crippen molar-refractivity contribution in [2.24, 2.45) is 5.92 Å². The Morgan fingerprint density at radius 3 is 2.44 bits per heavy atom. The Hall–Kier alpha value is -2.72. The number of carbonyl (C=O) groups excluding carboxylic acids is 2. The number of hydrogen-bond donors (Lipinski definition) is 0. The van der Waals surface area contributed by atoms with Crippen LogP contribution in [-0.2, 0) is 14.3 Å². The van der Waals surface area contributed by atoms with Crippen LogP contribution in [-0.4, -0.2) is 30.4 Å². The van der Waals surface area contributed by atoms with Gasteiger partial charge in [0.15, 0.2) is 11.6 Å². The zero-order chi connectivity index (χ0) is 18.6. The van der Waals surface area contributed by atoms with Gasteiger partial charge in [0, 0.05) is 12.0 Å². The Morgan fingerprint density at radius 2 is 1.70 bits per heavy atom. The molecule has 0 aromatic heterocycles. The normalized spacial score (nSPS) is 24.5. The van der Waals surface area contributed by atoms with E-state index in [4.69, 9.17) is 9.47 Å². The molecule has 3 unspecified atom stereocenters. The number of hydrogen-bond acceptors (Lipinski definition) is 4. The minimum atomic E-state index is -0.171. The molecule has 1 aliphatic carbocycles. The van der Waals surface area contributed by atoms with E-state index in [1.165, 1.54) is 0 Å². The summed E-state index contributed by atoms with van der Waals surface area (Å²) in [6, 6.07) is 18.8. The standard InChI is InChI=1S/C23H22O4/c24-21(17-9-5-2-6-10-17)15-26-18-11-12-19-22(13-18)27-14-20(23(19)25)16-7-3-1-4-8-16/h1-10,14,18-19,22H,11-13,15H2. The molecule has 0 amide bonds. The van der Waals surface area contributed by atoms with E-state index in [1.807, 2.05) is 48.5 Å². The minimum absolute atomic E-state index is 0.0235. The van der Waals surface area contributed by atoms with Crippen LogP contribution in [0.3, 0.4) is 0 Å². The first-order valence-electron chi connectivity index (χ1n) is 9.37. The van der Waals surface area contributed by atoms with Gasteiger partial charge < -0.3 is 9.47 Å². The van der Waals surface area contributed by atoms with Crippen molar-refractivity contribution in [2.45, 2.75) is 31.5 Å². The molecular weight excluding hydrogens is 340 g/mol. The maximum absolute atomic E-state index is 12.9. The maximum atomic E-state index is 12.9. The van der Waals surface area contributed by atoms with E-state index >= 15 is 0 Å². The second-order valence-electron chi connectivity index (χ2n) is 7.08. The van der Waals surface area contributed by atoms with Crippen molar-refractivity contribution in [3.63, 3.8) is 0 Å². The number of ether oxygens (including phenoxy) is 2. The smallest absolute Gasteiger partial charge is 0.188 e. The zero-order valence-electron chi connectivity index (χ0n) is 15.0. The largest absolute Gasteiger partial charge is 0.496 e. The first kappa shape index (κ1) is 17.7. The average molecular weight is 362 g/mol. The molecule has 2 aromatic carbocycles. The Morgan fingerprint density at radius 1 is 1.00 bits per heavy atom. The van der Waals surface area contributed by atoms with Gasteiger partial charge in [-0.05, 0) is 18.4 Å². The quantitative estimate of drug-likeness (QED) is 0.753. The molecule has 0 bridgehead atoms.